The summed E-state index contributed by atoms with van der Waals surface area (Å²) in [4.78, 5) is 31.3. The standard InChI is InChI=1S/C24H25ClF3N5O3/c1-32(23(34)31-11-17-7-4-8-19(26)22(17)25)18(12-29-13-20(27)28)14-33(24(35)36)21-9-15-5-2-3-6-16(15)10-30-21/h2-10,18,20,29H,11-14H2,1H3,(H,31,34)(H,35,36). The molecule has 1 unspecified atom stereocenters. The predicted octanol–water partition coefficient (Wildman–Crippen LogP) is 4.58. The number of pyridine rings is 1. The average molecular weight is 524 g/mol. The van der Waals surface area contributed by atoms with Crippen molar-refractivity contribution in [1.29, 1.82) is 0 Å². The van der Waals surface area contributed by atoms with Crippen molar-refractivity contribution in [2.75, 3.05) is 31.6 Å². The molecule has 1 aromatic heterocycles. The van der Waals surface area contributed by atoms with Crippen molar-refractivity contribution in [2.24, 2.45) is 0 Å². The lowest BCUT2D eigenvalue weighted by molar-refractivity contribution is 0.140. The van der Waals surface area contributed by atoms with E-state index in [4.69, 9.17) is 11.6 Å². The average Bonchev–Trinajstić information content (AvgIpc) is 2.85. The van der Waals surface area contributed by atoms with Crippen LogP contribution in [0.4, 0.5) is 28.6 Å². The van der Waals surface area contributed by atoms with Gasteiger partial charge in [-0.15, -0.1) is 0 Å². The lowest BCUT2D eigenvalue weighted by Gasteiger charge is -2.32. The van der Waals surface area contributed by atoms with Crippen LogP contribution in [0.5, 0.6) is 0 Å². The molecule has 0 bridgehead atoms. The molecule has 8 nitrogen and oxygen atoms in total. The summed E-state index contributed by atoms with van der Waals surface area (Å²) in [5.41, 5.74) is 0.346. The van der Waals surface area contributed by atoms with Gasteiger partial charge in [0, 0.05) is 31.7 Å². The fourth-order valence-electron chi connectivity index (χ4n) is 3.53. The lowest BCUT2D eigenvalue weighted by atomic mass is 10.1. The van der Waals surface area contributed by atoms with E-state index < -0.39 is 37.0 Å². The number of benzene rings is 2. The van der Waals surface area contributed by atoms with Crippen LogP contribution < -0.4 is 15.5 Å². The molecule has 3 amide bonds. The maximum Gasteiger partial charge on any atom is 0.413 e. The first-order valence-electron chi connectivity index (χ1n) is 10.9. The molecule has 0 aliphatic heterocycles. The summed E-state index contributed by atoms with van der Waals surface area (Å²) in [7, 11) is 1.41. The second-order valence-electron chi connectivity index (χ2n) is 7.97. The number of alkyl halides is 2. The van der Waals surface area contributed by atoms with Crippen molar-refractivity contribution in [3.8, 4) is 0 Å². The van der Waals surface area contributed by atoms with Crippen molar-refractivity contribution in [1.82, 2.24) is 20.5 Å². The highest BCUT2D eigenvalue weighted by atomic mass is 35.5. The highest BCUT2D eigenvalue weighted by Gasteiger charge is 2.27. The topological polar surface area (TPSA) is 97.8 Å². The third-order valence-corrected chi connectivity index (χ3v) is 5.95. The maximum absolute atomic E-state index is 13.7. The Hall–Kier alpha value is -3.57. The van der Waals surface area contributed by atoms with Gasteiger partial charge in [0.15, 0.2) is 0 Å². The van der Waals surface area contributed by atoms with Crippen molar-refractivity contribution in [3.63, 3.8) is 0 Å². The van der Waals surface area contributed by atoms with E-state index in [1.165, 1.54) is 30.3 Å². The van der Waals surface area contributed by atoms with Crippen LogP contribution >= 0.6 is 11.6 Å². The Morgan fingerprint density at radius 1 is 1.11 bits per heavy atom. The van der Waals surface area contributed by atoms with E-state index >= 15 is 0 Å². The van der Waals surface area contributed by atoms with Gasteiger partial charge in [0.25, 0.3) is 6.43 Å². The summed E-state index contributed by atoms with van der Waals surface area (Å²) in [5.74, 6) is -0.508. The zero-order chi connectivity index (χ0) is 26.2. The van der Waals surface area contributed by atoms with Gasteiger partial charge < -0.3 is 20.6 Å². The first-order chi connectivity index (χ1) is 17.2. The molecule has 192 valence electrons. The van der Waals surface area contributed by atoms with Gasteiger partial charge in [-0.2, -0.15) is 0 Å². The monoisotopic (exact) mass is 523 g/mol. The fraction of sp³-hybridized carbons (Fsp3) is 0.292. The van der Waals surface area contributed by atoms with Gasteiger partial charge in [-0.05, 0) is 23.1 Å². The predicted molar refractivity (Wildman–Crippen MR) is 131 cm³/mol. The summed E-state index contributed by atoms with van der Waals surface area (Å²) < 4.78 is 39.1. The van der Waals surface area contributed by atoms with Gasteiger partial charge in [-0.3, -0.25) is 4.90 Å². The zero-order valence-corrected chi connectivity index (χ0v) is 20.1. The molecule has 36 heavy (non-hydrogen) atoms. The van der Waals surface area contributed by atoms with Gasteiger partial charge in [0.05, 0.1) is 24.2 Å². The third-order valence-electron chi connectivity index (χ3n) is 5.53. The number of hydrogen-bond donors (Lipinski definition) is 3. The minimum atomic E-state index is -2.63. The second-order valence-corrected chi connectivity index (χ2v) is 8.35. The summed E-state index contributed by atoms with van der Waals surface area (Å²) in [6, 6.07) is 11.6. The Balaban J connectivity index is 1.78. The number of hydrogen-bond acceptors (Lipinski definition) is 4. The molecule has 12 heteroatoms. The number of carbonyl (C=O) groups excluding carboxylic acids is 1. The summed E-state index contributed by atoms with van der Waals surface area (Å²) in [6.45, 7) is -1.09. The first kappa shape index (κ1) is 27.0. The highest BCUT2D eigenvalue weighted by Crippen LogP contribution is 2.21. The molecule has 0 radical (unpaired) electrons. The van der Waals surface area contributed by atoms with Crippen LogP contribution in [0.1, 0.15) is 5.56 Å². The number of halogens is 4. The number of fused-ring (bicyclic) bond motifs is 1. The molecule has 3 aromatic rings. The van der Waals surface area contributed by atoms with E-state index in [1.807, 2.05) is 12.1 Å². The van der Waals surface area contributed by atoms with E-state index in [1.54, 1.807) is 24.3 Å². The number of carboxylic acid groups (broad SMARTS) is 1. The Labute approximate surface area is 210 Å². The maximum atomic E-state index is 13.7. The minimum Gasteiger partial charge on any atom is -0.465 e. The van der Waals surface area contributed by atoms with Crippen LogP contribution in [-0.4, -0.2) is 66.3 Å². The molecule has 2 aromatic carbocycles. The fourth-order valence-corrected chi connectivity index (χ4v) is 3.72. The number of likely N-dealkylation sites (N-methyl/N-ethyl adjacent to an activating group) is 1. The molecule has 0 aliphatic carbocycles. The number of aromatic nitrogens is 1. The number of carbonyl (C=O) groups is 2. The van der Waals surface area contributed by atoms with Crippen LogP contribution in [0.3, 0.4) is 0 Å². The quantitative estimate of drug-likeness (QED) is 0.361. The summed E-state index contributed by atoms with van der Waals surface area (Å²) in [6.07, 6.45) is -2.42. The molecule has 0 fully saturated rings. The molecule has 1 atom stereocenters. The van der Waals surface area contributed by atoms with Crippen LogP contribution in [0, 0.1) is 5.82 Å². The second kappa shape index (κ2) is 12.4. The number of urea groups is 1. The number of anilines is 1. The van der Waals surface area contributed by atoms with Crippen molar-refractivity contribution in [2.45, 2.75) is 19.0 Å². The Morgan fingerprint density at radius 2 is 1.83 bits per heavy atom. The van der Waals surface area contributed by atoms with E-state index in [0.717, 1.165) is 15.7 Å². The Morgan fingerprint density at radius 3 is 2.53 bits per heavy atom. The minimum absolute atomic E-state index is 0.0914. The summed E-state index contributed by atoms with van der Waals surface area (Å²) in [5, 5.41) is 16.5. The van der Waals surface area contributed by atoms with Crippen LogP contribution in [0.15, 0.2) is 54.7 Å². The van der Waals surface area contributed by atoms with Crippen molar-refractivity contribution >= 4 is 40.3 Å². The van der Waals surface area contributed by atoms with Gasteiger partial charge in [0.2, 0.25) is 0 Å². The number of rotatable bonds is 10. The molecule has 0 saturated heterocycles. The van der Waals surface area contributed by atoms with Gasteiger partial charge in [-0.1, -0.05) is 48.0 Å². The summed E-state index contributed by atoms with van der Waals surface area (Å²) >= 11 is 5.93. The van der Waals surface area contributed by atoms with E-state index in [9.17, 15) is 27.9 Å². The van der Waals surface area contributed by atoms with Crippen molar-refractivity contribution in [3.05, 3.63) is 71.1 Å². The molecular weight excluding hydrogens is 499 g/mol. The molecule has 3 N–H and O–H groups in total. The zero-order valence-electron chi connectivity index (χ0n) is 19.3. The molecule has 0 aliphatic rings. The van der Waals surface area contributed by atoms with E-state index in [0.29, 0.717) is 5.56 Å². The first-order valence-corrected chi connectivity index (χ1v) is 11.3. The SMILES string of the molecule is CN(C(=O)NCc1cccc(F)c1Cl)C(CNCC(F)F)CN(C(=O)O)c1cc2ccccc2cn1. The van der Waals surface area contributed by atoms with Crippen LogP contribution in [-0.2, 0) is 6.54 Å². The van der Waals surface area contributed by atoms with E-state index in [-0.39, 0.29) is 30.5 Å². The molecule has 3 rings (SSSR count). The molecular formula is C24H25ClF3N5O3. The number of amides is 3. The Kier molecular flexibility index (Phi) is 9.31. The number of nitrogens with zero attached hydrogens (tertiary/aromatic N) is 3. The molecule has 0 spiro atoms. The van der Waals surface area contributed by atoms with Crippen molar-refractivity contribution < 1.29 is 27.9 Å². The van der Waals surface area contributed by atoms with E-state index in [2.05, 4.69) is 15.6 Å². The normalized spacial score (nSPS) is 11.9. The molecule has 1 heterocycles. The molecule has 0 saturated carbocycles. The number of nitrogens with one attached hydrogen (secondary N) is 2. The van der Waals surface area contributed by atoms with Crippen LogP contribution in [0.25, 0.3) is 10.8 Å². The smallest absolute Gasteiger partial charge is 0.413 e. The van der Waals surface area contributed by atoms with Gasteiger partial charge >= 0.3 is 12.1 Å². The lowest BCUT2D eigenvalue weighted by Crippen LogP contribution is -2.54. The van der Waals surface area contributed by atoms with Gasteiger partial charge in [0.1, 0.15) is 11.6 Å². The largest absolute Gasteiger partial charge is 0.465 e. The van der Waals surface area contributed by atoms with Gasteiger partial charge in [-0.25, -0.2) is 27.7 Å². The van der Waals surface area contributed by atoms with Crippen LogP contribution in [0.2, 0.25) is 5.02 Å². The highest BCUT2D eigenvalue weighted by molar-refractivity contribution is 6.31. The Bertz CT molecular complexity index is 1220. The third kappa shape index (κ3) is 6.98.